The highest BCUT2D eigenvalue weighted by Crippen LogP contribution is 1.79. The van der Waals surface area contributed by atoms with Gasteiger partial charge in [-0.05, 0) is 0 Å². The lowest BCUT2D eigenvalue weighted by molar-refractivity contribution is 1.72. The second kappa shape index (κ2) is 8.25. The van der Waals surface area contributed by atoms with Gasteiger partial charge in [-0.1, -0.05) is 42.5 Å². The van der Waals surface area contributed by atoms with E-state index in [0.29, 0.717) is 5.88 Å². The Morgan fingerprint density at radius 3 is 1.30 bits per heavy atom. The van der Waals surface area contributed by atoms with Crippen LogP contribution in [0, 0.1) is 0 Å². The van der Waals surface area contributed by atoms with Gasteiger partial charge in [0.2, 0.25) is 0 Å². The zero-order valence-corrected chi connectivity index (χ0v) is 6.59. The molecular formula is C9H11Cl. The van der Waals surface area contributed by atoms with Gasteiger partial charge in [0.15, 0.2) is 0 Å². The van der Waals surface area contributed by atoms with Gasteiger partial charge >= 0.3 is 0 Å². The second-order valence-corrected chi connectivity index (χ2v) is 1.91. The molecule has 0 aliphatic rings. The molecule has 1 rings (SSSR count). The molecule has 0 saturated heterocycles. The van der Waals surface area contributed by atoms with E-state index in [1.807, 2.05) is 36.4 Å². The summed E-state index contributed by atoms with van der Waals surface area (Å²) in [5, 5.41) is 0. The van der Waals surface area contributed by atoms with Crippen molar-refractivity contribution < 1.29 is 0 Å². The fourth-order valence-electron chi connectivity index (χ4n) is 0.385. The van der Waals surface area contributed by atoms with Crippen molar-refractivity contribution in [3.8, 4) is 0 Å². The predicted octanol–water partition coefficient (Wildman–Crippen LogP) is 3.10. The van der Waals surface area contributed by atoms with E-state index in [9.17, 15) is 0 Å². The SMILES string of the molecule is C=CCCl.c1ccccc1. The summed E-state index contributed by atoms with van der Waals surface area (Å²) in [6.07, 6.45) is 1.64. The molecule has 0 atom stereocenters. The van der Waals surface area contributed by atoms with Crippen molar-refractivity contribution in [3.63, 3.8) is 0 Å². The van der Waals surface area contributed by atoms with Gasteiger partial charge in [0.1, 0.15) is 0 Å². The van der Waals surface area contributed by atoms with Crippen LogP contribution in [0.2, 0.25) is 0 Å². The summed E-state index contributed by atoms with van der Waals surface area (Å²) < 4.78 is 0. The molecule has 0 spiro atoms. The Balaban J connectivity index is 0.000000180. The fraction of sp³-hybridized carbons (Fsp3) is 0.111. The first kappa shape index (κ1) is 9.25. The summed E-state index contributed by atoms with van der Waals surface area (Å²) in [6.45, 7) is 3.35. The fourth-order valence-corrected chi connectivity index (χ4v) is 0.385. The standard InChI is InChI=1S/C6H6.C3H5Cl/c1-2-4-6-5-3-1;1-2-3-4/h1-6H;2H,1,3H2. The highest BCUT2D eigenvalue weighted by Gasteiger charge is 1.57. The second-order valence-electron chi connectivity index (χ2n) is 1.60. The third kappa shape index (κ3) is 7.25. The van der Waals surface area contributed by atoms with Gasteiger partial charge < -0.3 is 0 Å². The van der Waals surface area contributed by atoms with E-state index in [1.165, 1.54) is 0 Å². The lowest BCUT2D eigenvalue weighted by atomic mass is 10.4. The summed E-state index contributed by atoms with van der Waals surface area (Å²) in [4.78, 5) is 0. The van der Waals surface area contributed by atoms with Gasteiger partial charge in [-0.15, -0.1) is 18.2 Å². The van der Waals surface area contributed by atoms with Crippen molar-refractivity contribution in [1.82, 2.24) is 0 Å². The van der Waals surface area contributed by atoms with Crippen LogP contribution in [0.5, 0.6) is 0 Å². The number of alkyl halides is 1. The van der Waals surface area contributed by atoms with Crippen molar-refractivity contribution in [3.05, 3.63) is 49.1 Å². The van der Waals surface area contributed by atoms with Crippen LogP contribution in [0.3, 0.4) is 0 Å². The minimum absolute atomic E-state index is 0.556. The van der Waals surface area contributed by atoms with E-state index in [2.05, 4.69) is 6.58 Å². The zero-order chi connectivity index (χ0) is 7.66. The topological polar surface area (TPSA) is 0 Å². The van der Waals surface area contributed by atoms with Gasteiger partial charge in [-0.3, -0.25) is 0 Å². The molecule has 0 amide bonds. The molecule has 1 heteroatoms. The minimum atomic E-state index is 0.556. The highest BCUT2D eigenvalue weighted by molar-refractivity contribution is 6.18. The molecule has 1 aromatic carbocycles. The van der Waals surface area contributed by atoms with Crippen LogP contribution < -0.4 is 0 Å². The summed E-state index contributed by atoms with van der Waals surface area (Å²) >= 11 is 5.07. The molecule has 0 aliphatic heterocycles. The average molecular weight is 155 g/mol. The Labute approximate surface area is 67.1 Å². The van der Waals surface area contributed by atoms with Crippen molar-refractivity contribution in [2.24, 2.45) is 0 Å². The number of allylic oxidation sites excluding steroid dienone is 1. The third-order valence-corrected chi connectivity index (χ3v) is 0.994. The molecule has 10 heavy (non-hydrogen) atoms. The number of halogens is 1. The van der Waals surface area contributed by atoms with Crippen molar-refractivity contribution in [2.75, 3.05) is 5.88 Å². The van der Waals surface area contributed by atoms with Crippen molar-refractivity contribution in [1.29, 1.82) is 0 Å². The Bertz CT molecular complexity index is 119. The summed E-state index contributed by atoms with van der Waals surface area (Å²) in [6, 6.07) is 12.0. The number of hydrogen-bond donors (Lipinski definition) is 0. The Hall–Kier alpha value is -0.750. The summed E-state index contributed by atoms with van der Waals surface area (Å²) in [5.74, 6) is 0.556. The zero-order valence-electron chi connectivity index (χ0n) is 5.83. The lowest BCUT2D eigenvalue weighted by Crippen LogP contribution is -1.47. The third-order valence-electron chi connectivity index (χ3n) is 0.776. The summed E-state index contributed by atoms with van der Waals surface area (Å²) in [7, 11) is 0. The Kier molecular flexibility index (Phi) is 7.63. The monoisotopic (exact) mass is 154 g/mol. The van der Waals surface area contributed by atoms with E-state index in [1.54, 1.807) is 6.08 Å². The maximum absolute atomic E-state index is 5.07. The number of rotatable bonds is 1. The van der Waals surface area contributed by atoms with Crippen molar-refractivity contribution in [2.45, 2.75) is 0 Å². The molecule has 0 nitrogen and oxygen atoms in total. The van der Waals surface area contributed by atoms with Crippen LogP contribution in [-0.2, 0) is 0 Å². The lowest BCUT2D eigenvalue weighted by Gasteiger charge is -1.69. The van der Waals surface area contributed by atoms with Gasteiger partial charge in [-0.2, -0.15) is 0 Å². The molecule has 0 aromatic heterocycles. The molecule has 0 fully saturated rings. The molecule has 0 unspecified atom stereocenters. The molecule has 0 aliphatic carbocycles. The smallest absolute Gasteiger partial charge is 0.0401 e. The van der Waals surface area contributed by atoms with E-state index < -0.39 is 0 Å². The molecule has 54 valence electrons. The Morgan fingerprint density at radius 1 is 1.00 bits per heavy atom. The van der Waals surface area contributed by atoms with Crippen LogP contribution in [0.15, 0.2) is 49.1 Å². The molecule has 0 bridgehead atoms. The van der Waals surface area contributed by atoms with Crippen LogP contribution >= 0.6 is 11.6 Å². The van der Waals surface area contributed by atoms with Crippen molar-refractivity contribution >= 4 is 11.6 Å². The van der Waals surface area contributed by atoms with Gasteiger partial charge in [-0.25, -0.2) is 0 Å². The Morgan fingerprint density at radius 2 is 1.20 bits per heavy atom. The first-order valence-electron chi connectivity index (χ1n) is 3.08. The highest BCUT2D eigenvalue weighted by atomic mass is 35.5. The molecule has 0 saturated carbocycles. The molecule has 0 radical (unpaired) electrons. The molecule has 1 aromatic rings. The molecule has 0 N–H and O–H groups in total. The van der Waals surface area contributed by atoms with Gasteiger partial charge in [0.25, 0.3) is 0 Å². The number of hydrogen-bond acceptors (Lipinski definition) is 0. The maximum Gasteiger partial charge on any atom is 0.0401 e. The van der Waals surface area contributed by atoms with Crippen LogP contribution in [0.4, 0.5) is 0 Å². The van der Waals surface area contributed by atoms with Gasteiger partial charge in [0.05, 0.1) is 0 Å². The van der Waals surface area contributed by atoms with Crippen LogP contribution in [0.1, 0.15) is 0 Å². The molecule has 0 heterocycles. The normalized spacial score (nSPS) is 7.30. The van der Waals surface area contributed by atoms with Gasteiger partial charge in [0, 0.05) is 5.88 Å². The predicted molar refractivity (Wildman–Crippen MR) is 47.4 cm³/mol. The van der Waals surface area contributed by atoms with E-state index in [0.717, 1.165) is 0 Å². The van der Waals surface area contributed by atoms with Crippen LogP contribution in [-0.4, -0.2) is 5.88 Å². The van der Waals surface area contributed by atoms with E-state index in [4.69, 9.17) is 11.6 Å². The van der Waals surface area contributed by atoms with E-state index >= 15 is 0 Å². The number of benzene rings is 1. The summed E-state index contributed by atoms with van der Waals surface area (Å²) in [5.41, 5.74) is 0. The largest absolute Gasteiger partial charge is 0.122 e. The van der Waals surface area contributed by atoms with E-state index in [-0.39, 0.29) is 0 Å². The van der Waals surface area contributed by atoms with Crippen LogP contribution in [0.25, 0.3) is 0 Å². The minimum Gasteiger partial charge on any atom is -0.122 e. The molecular weight excluding hydrogens is 144 g/mol. The maximum atomic E-state index is 5.07. The quantitative estimate of drug-likeness (QED) is 0.431. The first-order valence-corrected chi connectivity index (χ1v) is 3.62. The average Bonchev–Trinajstić information content (AvgIpc) is 2.08. The first-order chi connectivity index (χ1) is 4.91.